The van der Waals surface area contributed by atoms with Crippen molar-refractivity contribution < 1.29 is 14.3 Å². The van der Waals surface area contributed by atoms with Crippen LogP contribution in [0.4, 0.5) is 0 Å². The number of esters is 1. The van der Waals surface area contributed by atoms with Crippen LogP contribution in [0.1, 0.15) is 45.2 Å². The molecule has 0 aliphatic rings. The zero-order valence-corrected chi connectivity index (χ0v) is 16.3. The van der Waals surface area contributed by atoms with E-state index in [1.54, 1.807) is 18.2 Å². The lowest BCUT2D eigenvalue weighted by atomic mass is 9.86. The van der Waals surface area contributed by atoms with Crippen LogP contribution in [0.15, 0.2) is 54.1 Å². The van der Waals surface area contributed by atoms with E-state index in [-0.39, 0.29) is 11.0 Å². The van der Waals surface area contributed by atoms with Crippen molar-refractivity contribution in [2.45, 2.75) is 39.5 Å². The first-order valence-corrected chi connectivity index (χ1v) is 9.01. The van der Waals surface area contributed by atoms with E-state index in [0.717, 1.165) is 23.3 Å². The summed E-state index contributed by atoms with van der Waals surface area (Å²) in [6.45, 7) is 8.83. The minimum Gasteiger partial charge on any atom is -0.494 e. The van der Waals surface area contributed by atoms with E-state index >= 15 is 0 Å². The van der Waals surface area contributed by atoms with Crippen molar-refractivity contribution in [1.29, 1.82) is 5.26 Å². The molecule has 2 rings (SSSR count). The molecule has 0 saturated carbocycles. The Hall–Kier alpha value is -3.06. The lowest BCUT2D eigenvalue weighted by molar-refractivity contribution is -0.129. The molecule has 0 N–H and O–H groups in total. The van der Waals surface area contributed by atoms with Gasteiger partial charge in [0.2, 0.25) is 0 Å². The molecule has 2 aromatic rings. The summed E-state index contributed by atoms with van der Waals surface area (Å²) in [6, 6.07) is 16.6. The molecule has 4 nitrogen and oxygen atoms in total. The third kappa shape index (κ3) is 5.72. The fraction of sp³-hybridized carbons (Fsp3) is 0.304. The average Bonchev–Trinajstić information content (AvgIpc) is 2.64. The maximum absolute atomic E-state index is 12.5. The van der Waals surface area contributed by atoms with E-state index in [0.29, 0.717) is 12.4 Å². The highest BCUT2D eigenvalue weighted by Gasteiger charge is 2.21. The quantitative estimate of drug-likeness (QED) is 0.303. The van der Waals surface area contributed by atoms with Crippen LogP contribution in [0.2, 0.25) is 0 Å². The predicted octanol–water partition coefficient (Wildman–Crippen LogP) is 5.29. The Labute approximate surface area is 161 Å². The van der Waals surface area contributed by atoms with Crippen molar-refractivity contribution in [3.63, 3.8) is 0 Å². The summed E-state index contributed by atoms with van der Waals surface area (Å²) in [6.07, 6.45) is 2.45. The van der Waals surface area contributed by atoms with Gasteiger partial charge in [-0.25, -0.2) is 4.79 Å². The van der Waals surface area contributed by atoms with Gasteiger partial charge in [0.1, 0.15) is 23.1 Å². The first-order chi connectivity index (χ1) is 12.8. The van der Waals surface area contributed by atoms with Crippen LogP contribution in [-0.2, 0) is 10.2 Å². The molecule has 2 aromatic carbocycles. The first kappa shape index (κ1) is 20.3. The van der Waals surface area contributed by atoms with Crippen molar-refractivity contribution in [2.75, 3.05) is 6.61 Å². The van der Waals surface area contributed by atoms with E-state index in [2.05, 4.69) is 0 Å². The van der Waals surface area contributed by atoms with Crippen molar-refractivity contribution in [3.8, 4) is 17.6 Å². The largest absolute Gasteiger partial charge is 0.494 e. The predicted molar refractivity (Wildman–Crippen MR) is 107 cm³/mol. The maximum atomic E-state index is 12.5. The third-order valence-electron chi connectivity index (χ3n) is 3.90. The molecule has 0 heterocycles. The van der Waals surface area contributed by atoms with Crippen LogP contribution in [0, 0.1) is 11.3 Å². The highest BCUT2D eigenvalue weighted by molar-refractivity contribution is 5.99. The molecule has 140 valence electrons. The Balaban J connectivity index is 2.19. The van der Waals surface area contributed by atoms with Gasteiger partial charge in [0.15, 0.2) is 0 Å². The number of benzene rings is 2. The molecule has 0 aliphatic heterocycles. The van der Waals surface area contributed by atoms with Gasteiger partial charge in [-0.05, 0) is 41.7 Å². The van der Waals surface area contributed by atoms with Gasteiger partial charge in [0.05, 0.1) is 6.61 Å². The summed E-state index contributed by atoms with van der Waals surface area (Å²) in [5.41, 5.74) is 1.41. The molecular weight excluding hydrogens is 338 g/mol. The van der Waals surface area contributed by atoms with Crippen LogP contribution in [0.25, 0.3) is 6.08 Å². The van der Waals surface area contributed by atoms with Crippen molar-refractivity contribution in [2.24, 2.45) is 0 Å². The summed E-state index contributed by atoms with van der Waals surface area (Å²) in [7, 11) is 0. The topological polar surface area (TPSA) is 59.3 Å². The number of carbonyl (C=O) groups excluding carboxylic acids is 1. The van der Waals surface area contributed by atoms with Gasteiger partial charge in [-0.3, -0.25) is 0 Å². The fourth-order valence-corrected chi connectivity index (χ4v) is 2.51. The third-order valence-corrected chi connectivity index (χ3v) is 3.90. The Bertz CT molecular complexity index is 852. The molecule has 0 aliphatic carbocycles. The minimum atomic E-state index is -0.666. The van der Waals surface area contributed by atoms with Gasteiger partial charge in [-0.2, -0.15) is 5.26 Å². The molecule has 27 heavy (non-hydrogen) atoms. The van der Waals surface area contributed by atoms with Crippen molar-refractivity contribution in [3.05, 3.63) is 65.2 Å². The monoisotopic (exact) mass is 363 g/mol. The lowest BCUT2D eigenvalue weighted by Crippen LogP contribution is -2.17. The van der Waals surface area contributed by atoms with Gasteiger partial charge in [0.25, 0.3) is 0 Å². The zero-order chi connectivity index (χ0) is 19.9. The summed E-state index contributed by atoms with van der Waals surface area (Å²) >= 11 is 0. The molecule has 0 radical (unpaired) electrons. The van der Waals surface area contributed by atoms with E-state index in [4.69, 9.17) is 9.47 Å². The number of nitrogens with zero attached hydrogens (tertiary/aromatic N) is 1. The highest BCUT2D eigenvalue weighted by atomic mass is 16.5. The van der Waals surface area contributed by atoms with E-state index in [9.17, 15) is 10.1 Å². The van der Waals surface area contributed by atoms with Gasteiger partial charge in [-0.1, -0.05) is 58.0 Å². The standard InChI is InChI=1S/C23H25NO3/c1-5-14-26-19-12-10-17(11-13-19)15-18(16-24)22(25)27-21-9-7-6-8-20(21)23(2,3)4/h6-13,15H,5,14H2,1-4H3/b18-15+. The highest BCUT2D eigenvalue weighted by Crippen LogP contribution is 2.31. The lowest BCUT2D eigenvalue weighted by Gasteiger charge is -2.21. The number of para-hydroxylation sites is 1. The second-order valence-corrected chi connectivity index (χ2v) is 7.22. The molecule has 0 fully saturated rings. The Kier molecular flexibility index (Phi) is 6.79. The summed E-state index contributed by atoms with van der Waals surface area (Å²) < 4.78 is 11.1. The number of nitriles is 1. The number of hydrogen-bond acceptors (Lipinski definition) is 4. The Morgan fingerprint density at radius 3 is 2.37 bits per heavy atom. The van der Waals surface area contributed by atoms with Crippen LogP contribution < -0.4 is 9.47 Å². The van der Waals surface area contributed by atoms with Crippen LogP contribution in [-0.4, -0.2) is 12.6 Å². The van der Waals surface area contributed by atoms with Crippen LogP contribution >= 0.6 is 0 Å². The minimum absolute atomic E-state index is 0.0547. The molecule has 0 atom stereocenters. The Morgan fingerprint density at radius 2 is 1.78 bits per heavy atom. The molecule has 0 amide bonds. The van der Waals surface area contributed by atoms with Crippen molar-refractivity contribution in [1.82, 2.24) is 0 Å². The second kappa shape index (κ2) is 9.05. The van der Waals surface area contributed by atoms with Crippen LogP contribution in [0.5, 0.6) is 11.5 Å². The van der Waals surface area contributed by atoms with Crippen LogP contribution in [0.3, 0.4) is 0 Å². The zero-order valence-electron chi connectivity index (χ0n) is 16.3. The smallest absolute Gasteiger partial charge is 0.354 e. The summed E-state index contributed by atoms with van der Waals surface area (Å²) in [4.78, 5) is 12.5. The summed E-state index contributed by atoms with van der Waals surface area (Å²) in [5, 5.41) is 9.39. The summed E-state index contributed by atoms with van der Waals surface area (Å²) in [5.74, 6) is 0.564. The molecule has 0 bridgehead atoms. The molecule has 0 unspecified atom stereocenters. The first-order valence-electron chi connectivity index (χ1n) is 9.01. The molecule has 0 aromatic heterocycles. The molecule has 0 saturated heterocycles. The SMILES string of the molecule is CCCOc1ccc(/C=C(\C#N)C(=O)Oc2ccccc2C(C)(C)C)cc1. The maximum Gasteiger partial charge on any atom is 0.354 e. The van der Waals surface area contributed by atoms with E-state index in [1.165, 1.54) is 6.08 Å². The number of hydrogen-bond donors (Lipinski definition) is 0. The van der Waals surface area contributed by atoms with Gasteiger partial charge < -0.3 is 9.47 Å². The average molecular weight is 363 g/mol. The van der Waals surface area contributed by atoms with Gasteiger partial charge in [0, 0.05) is 5.56 Å². The fourth-order valence-electron chi connectivity index (χ4n) is 2.51. The molecule has 4 heteroatoms. The van der Waals surface area contributed by atoms with E-state index in [1.807, 2.05) is 64.1 Å². The second-order valence-electron chi connectivity index (χ2n) is 7.22. The van der Waals surface area contributed by atoms with Gasteiger partial charge in [-0.15, -0.1) is 0 Å². The molecule has 0 spiro atoms. The number of ether oxygens (including phenoxy) is 2. The molecular formula is C23H25NO3. The van der Waals surface area contributed by atoms with Gasteiger partial charge >= 0.3 is 5.97 Å². The number of rotatable bonds is 6. The van der Waals surface area contributed by atoms with Crippen molar-refractivity contribution >= 4 is 12.0 Å². The Morgan fingerprint density at radius 1 is 1.11 bits per heavy atom. The normalized spacial score (nSPS) is 11.6. The number of carbonyl (C=O) groups is 1. The van der Waals surface area contributed by atoms with E-state index < -0.39 is 5.97 Å².